The van der Waals surface area contributed by atoms with Crippen molar-refractivity contribution in [2.75, 3.05) is 32.7 Å². The number of nitrogens with one attached hydrogen (secondary N) is 1. The van der Waals surface area contributed by atoms with Crippen LogP contribution in [-0.2, 0) is 13.0 Å². The average Bonchev–Trinajstić information content (AvgIpc) is 2.89. The highest BCUT2D eigenvalue weighted by atomic mass is 15.2. The normalized spacial score (nSPS) is 16.5. The maximum absolute atomic E-state index is 3.43. The average molecular weight is 299 g/mol. The fraction of sp³-hybridized carbons (Fsp3) is 0.579. The summed E-state index contributed by atoms with van der Waals surface area (Å²) in [5.41, 5.74) is 4.30. The molecule has 0 atom stereocenters. The lowest BCUT2D eigenvalue weighted by Crippen LogP contribution is -2.44. The lowest BCUT2D eigenvalue weighted by Gasteiger charge is -2.26. The van der Waals surface area contributed by atoms with Crippen LogP contribution in [0.1, 0.15) is 30.9 Å². The van der Waals surface area contributed by atoms with Crippen molar-refractivity contribution in [3.63, 3.8) is 0 Å². The van der Waals surface area contributed by atoms with Gasteiger partial charge in [-0.2, -0.15) is 0 Å². The molecule has 3 rings (SSSR count). The minimum absolute atomic E-state index is 1.14. The molecule has 1 aromatic carbocycles. The van der Waals surface area contributed by atoms with E-state index in [0.717, 1.165) is 19.6 Å². The van der Waals surface area contributed by atoms with E-state index in [4.69, 9.17) is 0 Å². The molecule has 0 aliphatic carbocycles. The highest BCUT2D eigenvalue weighted by Gasteiger charge is 2.12. The predicted octanol–water partition coefficient (Wildman–Crippen LogP) is 3.20. The van der Waals surface area contributed by atoms with Crippen molar-refractivity contribution in [1.82, 2.24) is 14.8 Å². The summed E-state index contributed by atoms with van der Waals surface area (Å²) in [4.78, 5) is 2.58. The Balaban J connectivity index is 1.79. The molecule has 1 saturated heterocycles. The first-order valence-electron chi connectivity index (χ1n) is 8.79. The molecule has 0 radical (unpaired) electrons. The highest BCUT2D eigenvalue weighted by molar-refractivity contribution is 5.84. The molecule has 0 saturated carbocycles. The Bertz CT molecular complexity index is 608. The van der Waals surface area contributed by atoms with E-state index in [-0.39, 0.29) is 0 Å². The molecule has 2 heterocycles. The van der Waals surface area contributed by atoms with E-state index in [9.17, 15) is 0 Å². The summed E-state index contributed by atoms with van der Waals surface area (Å²) in [6, 6.07) is 6.91. The lowest BCUT2D eigenvalue weighted by atomic mass is 10.1. The van der Waals surface area contributed by atoms with Crippen molar-refractivity contribution in [2.24, 2.45) is 0 Å². The van der Waals surface area contributed by atoms with Gasteiger partial charge >= 0.3 is 0 Å². The minimum atomic E-state index is 1.14. The van der Waals surface area contributed by atoms with Crippen molar-refractivity contribution in [3.05, 3.63) is 35.5 Å². The largest absolute Gasteiger partial charge is 0.347 e. The van der Waals surface area contributed by atoms with Gasteiger partial charge in [0, 0.05) is 56.4 Å². The van der Waals surface area contributed by atoms with Gasteiger partial charge in [0.05, 0.1) is 0 Å². The standard InChI is InChI=1S/C19H29N3/c1-3-4-10-22-15-17(7-11-21-12-8-20-9-13-21)18-14-16(2)5-6-19(18)22/h5-6,14-15,20H,3-4,7-13H2,1-2H3. The number of nitrogens with zero attached hydrogens (tertiary/aromatic N) is 2. The van der Waals surface area contributed by atoms with Crippen LogP contribution in [0.4, 0.5) is 0 Å². The molecular formula is C19H29N3. The van der Waals surface area contributed by atoms with Crippen LogP contribution in [0.3, 0.4) is 0 Å². The van der Waals surface area contributed by atoms with Gasteiger partial charge < -0.3 is 14.8 Å². The van der Waals surface area contributed by atoms with Crippen molar-refractivity contribution in [1.29, 1.82) is 0 Å². The quantitative estimate of drug-likeness (QED) is 0.884. The minimum Gasteiger partial charge on any atom is -0.347 e. The summed E-state index contributed by atoms with van der Waals surface area (Å²) in [5, 5.41) is 4.90. The number of aryl methyl sites for hydroxylation is 2. The lowest BCUT2D eigenvalue weighted by molar-refractivity contribution is 0.244. The molecular weight excluding hydrogens is 270 g/mol. The SMILES string of the molecule is CCCCn1cc(CCN2CCNCC2)c2cc(C)ccc21. The second-order valence-corrected chi connectivity index (χ2v) is 6.56. The van der Waals surface area contributed by atoms with E-state index in [1.807, 2.05) is 0 Å². The first-order valence-corrected chi connectivity index (χ1v) is 8.79. The summed E-state index contributed by atoms with van der Waals surface area (Å²) >= 11 is 0. The monoisotopic (exact) mass is 299 g/mol. The molecule has 2 aromatic rings. The fourth-order valence-corrected chi connectivity index (χ4v) is 3.41. The number of hydrogen-bond acceptors (Lipinski definition) is 2. The van der Waals surface area contributed by atoms with Crippen LogP contribution < -0.4 is 5.32 Å². The first-order chi connectivity index (χ1) is 10.8. The molecule has 0 unspecified atom stereocenters. The zero-order valence-corrected chi connectivity index (χ0v) is 14.1. The summed E-state index contributed by atoms with van der Waals surface area (Å²) in [6.07, 6.45) is 6.08. The van der Waals surface area contributed by atoms with E-state index in [1.165, 1.54) is 60.9 Å². The third-order valence-corrected chi connectivity index (χ3v) is 4.78. The van der Waals surface area contributed by atoms with E-state index in [0.29, 0.717) is 0 Å². The maximum Gasteiger partial charge on any atom is 0.0483 e. The van der Waals surface area contributed by atoms with Crippen LogP contribution in [0.2, 0.25) is 0 Å². The molecule has 3 nitrogen and oxygen atoms in total. The second-order valence-electron chi connectivity index (χ2n) is 6.56. The molecule has 1 aliphatic rings. The Morgan fingerprint density at radius 2 is 1.95 bits per heavy atom. The third kappa shape index (κ3) is 3.53. The van der Waals surface area contributed by atoms with Crippen LogP contribution in [0.25, 0.3) is 10.9 Å². The van der Waals surface area contributed by atoms with Crippen LogP contribution >= 0.6 is 0 Å². The van der Waals surface area contributed by atoms with Crippen LogP contribution in [0.15, 0.2) is 24.4 Å². The summed E-state index contributed by atoms with van der Waals surface area (Å²) in [6.45, 7) is 11.4. The summed E-state index contributed by atoms with van der Waals surface area (Å²) in [5.74, 6) is 0. The summed E-state index contributed by atoms with van der Waals surface area (Å²) in [7, 11) is 0. The van der Waals surface area contributed by atoms with Gasteiger partial charge in [-0.1, -0.05) is 25.0 Å². The molecule has 1 fully saturated rings. The second kappa shape index (κ2) is 7.30. The van der Waals surface area contributed by atoms with Gasteiger partial charge in [-0.05, 0) is 37.5 Å². The van der Waals surface area contributed by atoms with Crippen LogP contribution in [0, 0.1) is 6.92 Å². The van der Waals surface area contributed by atoms with E-state index < -0.39 is 0 Å². The Morgan fingerprint density at radius 3 is 2.73 bits per heavy atom. The molecule has 1 N–H and O–H groups in total. The van der Waals surface area contributed by atoms with Crippen molar-refractivity contribution >= 4 is 10.9 Å². The smallest absolute Gasteiger partial charge is 0.0483 e. The van der Waals surface area contributed by atoms with Gasteiger partial charge in [0.2, 0.25) is 0 Å². The van der Waals surface area contributed by atoms with E-state index >= 15 is 0 Å². The van der Waals surface area contributed by atoms with E-state index in [2.05, 4.69) is 53.0 Å². The van der Waals surface area contributed by atoms with Gasteiger partial charge in [-0.15, -0.1) is 0 Å². The van der Waals surface area contributed by atoms with Gasteiger partial charge in [0.1, 0.15) is 0 Å². The Labute approximate surface area is 134 Å². The van der Waals surface area contributed by atoms with Crippen molar-refractivity contribution < 1.29 is 0 Å². The predicted molar refractivity (Wildman–Crippen MR) is 94.6 cm³/mol. The number of benzene rings is 1. The van der Waals surface area contributed by atoms with Crippen molar-refractivity contribution in [3.8, 4) is 0 Å². The number of fused-ring (bicyclic) bond motifs is 1. The van der Waals surface area contributed by atoms with Crippen LogP contribution in [0.5, 0.6) is 0 Å². The molecule has 22 heavy (non-hydrogen) atoms. The van der Waals surface area contributed by atoms with Gasteiger partial charge in [0.15, 0.2) is 0 Å². The zero-order valence-electron chi connectivity index (χ0n) is 14.1. The maximum atomic E-state index is 3.43. The molecule has 120 valence electrons. The van der Waals surface area contributed by atoms with Gasteiger partial charge in [0.25, 0.3) is 0 Å². The van der Waals surface area contributed by atoms with Gasteiger partial charge in [-0.25, -0.2) is 0 Å². The summed E-state index contributed by atoms with van der Waals surface area (Å²) < 4.78 is 2.46. The number of aromatic nitrogens is 1. The molecule has 0 amide bonds. The number of hydrogen-bond donors (Lipinski definition) is 1. The number of rotatable bonds is 6. The zero-order chi connectivity index (χ0) is 15.4. The van der Waals surface area contributed by atoms with E-state index in [1.54, 1.807) is 0 Å². The fourth-order valence-electron chi connectivity index (χ4n) is 3.41. The number of unbranched alkanes of at least 4 members (excludes halogenated alkanes) is 1. The molecule has 0 spiro atoms. The Morgan fingerprint density at radius 1 is 1.14 bits per heavy atom. The molecule has 3 heteroatoms. The van der Waals surface area contributed by atoms with Crippen molar-refractivity contribution in [2.45, 2.75) is 39.7 Å². The van der Waals surface area contributed by atoms with Gasteiger partial charge in [-0.3, -0.25) is 0 Å². The first kappa shape index (κ1) is 15.6. The van der Waals surface area contributed by atoms with Crippen LogP contribution in [-0.4, -0.2) is 42.2 Å². The molecule has 1 aromatic heterocycles. The Kier molecular flexibility index (Phi) is 5.16. The highest BCUT2D eigenvalue weighted by Crippen LogP contribution is 2.24. The molecule has 0 bridgehead atoms. The topological polar surface area (TPSA) is 20.2 Å². The third-order valence-electron chi connectivity index (χ3n) is 4.78. The number of piperazine rings is 1. The molecule has 1 aliphatic heterocycles. The Hall–Kier alpha value is -1.32.